The van der Waals surface area contributed by atoms with Gasteiger partial charge in [0.05, 0.1) is 28.1 Å². The topological polar surface area (TPSA) is 114 Å². The molecule has 0 unspecified atom stereocenters. The van der Waals surface area contributed by atoms with Crippen LogP contribution in [0.5, 0.6) is 0 Å². The van der Waals surface area contributed by atoms with Crippen LogP contribution >= 0.6 is 0 Å². The Labute approximate surface area is 149 Å². The molecule has 0 fully saturated rings. The molecule has 0 spiro atoms. The Morgan fingerprint density at radius 2 is 1.38 bits per heavy atom. The minimum absolute atomic E-state index is 0.247. The van der Waals surface area contributed by atoms with Crippen molar-refractivity contribution in [3.05, 3.63) is 77.6 Å². The molecule has 7 nitrogen and oxygen atoms in total. The summed E-state index contributed by atoms with van der Waals surface area (Å²) in [4.78, 5) is 20.5. The lowest BCUT2D eigenvalue weighted by atomic mass is 10.2. The molecular weight excluding hydrogens is 328 g/mol. The number of amides is 1. The molecule has 3 aromatic rings. The van der Waals surface area contributed by atoms with E-state index in [4.69, 9.17) is 10.5 Å². The van der Waals surface area contributed by atoms with Gasteiger partial charge in [0.1, 0.15) is 12.1 Å². The lowest BCUT2D eigenvalue weighted by Gasteiger charge is -2.08. The normalized spacial score (nSPS) is 9.62. The second kappa shape index (κ2) is 7.56. The molecule has 7 heteroatoms. The van der Waals surface area contributed by atoms with Crippen LogP contribution in [0.2, 0.25) is 0 Å². The first kappa shape index (κ1) is 16.6. The lowest BCUT2D eigenvalue weighted by Crippen LogP contribution is -2.14. The molecule has 0 bridgehead atoms. The molecule has 124 valence electrons. The fraction of sp³-hybridized carbons (Fsp3) is 0. The van der Waals surface area contributed by atoms with Gasteiger partial charge in [0.2, 0.25) is 5.95 Å². The third-order valence-corrected chi connectivity index (χ3v) is 3.50. The fourth-order valence-electron chi connectivity index (χ4n) is 2.20. The van der Waals surface area contributed by atoms with E-state index in [-0.39, 0.29) is 11.5 Å². The van der Waals surface area contributed by atoms with Crippen molar-refractivity contribution < 1.29 is 4.79 Å². The minimum atomic E-state index is -0.420. The average Bonchev–Trinajstić information content (AvgIpc) is 2.69. The zero-order valence-electron chi connectivity index (χ0n) is 13.5. The molecule has 1 heterocycles. The molecule has 0 saturated carbocycles. The maximum Gasteiger partial charge on any atom is 0.258 e. The molecule has 26 heavy (non-hydrogen) atoms. The van der Waals surface area contributed by atoms with E-state index in [0.29, 0.717) is 22.5 Å². The highest BCUT2D eigenvalue weighted by Crippen LogP contribution is 2.18. The van der Waals surface area contributed by atoms with E-state index in [1.54, 1.807) is 48.5 Å². The molecule has 0 atom stereocenters. The van der Waals surface area contributed by atoms with Crippen LogP contribution in [0.3, 0.4) is 0 Å². The van der Waals surface area contributed by atoms with Crippen molar-refractivity contribution in [2.75, 3.05) is 10.6 Å². The molecule has 0 aliphatic carbocycles. The molecule has 1 aromatic heterocycles. The monoisotopic (exact) mass is 340 g/mol. The Bertz CT molecular complexity index is 1030. The number of nitriles is 2. The maximum absolute atomic E-state index is 12.3. The van der Waals surface area contributed by atoms with Crippen molar-refractivity contribution in [2.24, 2.45) is 0 Å². The molecule has 2 N–H and O–H groups in total. The number of nitrogens with zero attached hydrogens (tertiary/aromatic N) is 4. The van der Waals surface area contributed by atoms with Gasteiger partial charge in [-0.15, -0.1) is 0 Å². The van der Waals surface area contributed by atoms with Gasteiger partial charge < -0.3 is 10.6 Å². The lowest BCUT2D eigenvalue weighted by molar-refractivity contribution is 0.102. The highest BCUT2D eigenvalue weighted by atomic mass is 16.1. The van der Waals surface area contributed by atoms with Crippen molar-refractivity contribution >= 4 is 23.2 Å². The second-order valence-corrected chi connectivity index (χ2v) is 5.19. The number of carbonyl (C=O) groups is 1. The number of hydrogen-bond donors (Lipinski definition) is 2. The van der Waals surface area contributed by atoms with Crippen LogP contribution < -0.4 is 10.6 Å². The van der Waals surface area contributed by atoms with E-state index in [1.807, 2.05) is 6.07 Å². The number of rotatable bonds is 4. The maximum atomic E-state index is 12.3. The van der Waals surface area contributed by atoms with Gasteiger partial charge in [-0.1, -0.05) is 24.3 Å². The van der Waals surface area contributed by atoms with Gasteiger partial charge in [0.15, 0.2) is 0 Å². The van der Waals surface area contributed by atoms with Crippen LogP contribution in [0.1, 0.15) is 21.5 Å². The molecular formula is C19H12N6O. The summed E-state index contributed by atoms with van der Waals surface area (Å²) in [5.74, 6) is -0.154. The van der Waals surface area contributed by atoms with E-state index < -0.39 is 5.91 Å². The Kier molecular flexibility index (Phi) is 4.83. The van der Waals surface area contributed by atoms with E-state index in [1.165, 1.54) is 12.4 Å². The molecule has 3 rings (SSSR count). The number of carbonyl (C=O) groups excluding carboxylic acids is 1. The van der Waals surface area contributed by atoms with Crippen LogP contribution in [0, 0.1) is 22.7 Å². The van der Waals surface area contributed by atoms with Crippen molar-refractivity contribution in [3.63, 3.8) is 0 Å². The molecule has 2 aromatic carbocycles. The number of anilines is 3. The van der Waals surface area contributed by atoms with Gasteiger partial charge in [-0.25, -0.2) is 9.97 Å². The highest BCUT2D eigenvalue weighted by molar-refractivity contribution is 6.04. The van der Waals surface area contributed by atoms with Crippen LogP contribution in [0.4, 0.5) is 17.3 Å². The Hall–Kier alpha value is -4.23. The van der Waals surface area contributed by atoms with Crippen molar-refractivity contribution in [1.82, 2.24) is 9.97 Å². The second-order valence-electron chi connectivity index (χ2n) is 5.19. The van der Waals surface area contributed by atoms with Gasteiger partial charge in [-0.3, -0.25) is 4.79 Å². The summed E-state index contributed by atoms with van der Waals surface area (Å²) in [5, 5.41) is 23.8. The summed E-state index contributed by atoms with van der Waals surface area (Å²) in [6.07, 6.45) is 2.74. The fourth-order valence-corrected chi connectivity index (χ4v) is 2.20. The minimum Gasteiger partial charge on any atom is -0.323 e. The summed E-state index contributed by atoms with van der Waals surface area (Å²) in [7, 11) is 0. The quantitative estimate of drug-likeness (QED) is 0.753. The Morgan fingerprint density at radius 1 is 0.846 bits per heavy atom. The number of benzene rings is 2. The predicted molar refractivity (Wildman–Crippen MR) is 95.6 cm³/mol. The van der Waals surface area contributed by atoms with E-state index in [0.717, 1.165) is 0 Å². The Morgan fingerprint density at radius 3 is 2.00 bits per heavy atom. The smallest absolute Gasteiger partial charge is 0.258 e. The van der Waals surface area contributed by atoms with Gasteiger partial charge >= 0.3 is 0 Å². The highest BCUT2D eigenvalue weighted by Gasteiger charge is 2.10. The number of para-hydroxylation sites is 2. The third kappa shape index (κ3) is 3.64. The summed E-state index contributed by atoms with van der Waals surface area (Å²) in [6.45, 7) is 0. The first-order valence-electron chi connectivity index (χ1n) is 7.60. The van der Waals surface area contributed by atoms with Gasteiger partial charge in [0.25, 0.3) is 5.91 Å². The zero-order valence-corrected chi connectivity index (χ0v) is 13.5. The summed E-state index contributed by atoms with van der Waals surface area (Å²) < 4.78 is 0. The average molecular weight is 340 g/mol. The first-order chi connectivity index (χ1) is 12.7. The van der Waals surface area contributed by atoms with E-state index in [9.17, 15) is 4.79 Å². The molecule has 0 saturated heterocycles. The standard InChI is InChI=1S/C19H12N6O/c20-9-13-5-1-3-7-16(13)24-18(26)15-11-22-19(23-12-15)25-17-8-4-2-6-14(17)10-21/h1-8,11-12H,(H,24,26)(H,22,23,25). The summed E-state index contributed by atoms with van der Waals surface area (Å²) in [6, 6.07) is 17.8. The van der Waals surface area contributed by atoms with Crippen molar-refractivity contribution in [3.8, 4) is 12.1 Å². The van der Waals surface area contributed by atoms with Crippen molar-refractivity contribution in [2.45, 2.75) is 0 Å². The summed E-state index contributed by atoms with van der Waals surface area (Å²) >= 11 is 0. The molecule has 0 aliphatic heterocycles. The number of aromatic nitrogens is 2. The van der Waals surface area contributed by atoms with Gasteiger partial charge in [-0.05, 0) is 24.3 Å². The van der Waals surface area contributed by atoms with Crippen LogP contribution in [-0.2, 0) is 0 Å². The first-order valence-corrected chi connectivity index (χ1v) is 7.60. The van der Waals surface area contributed by atoms with E-state index in [2.05, 4.69) is 26.7 Å². The number of hydrogen-bond acceptors (Lipinski definition) is 6. The van der Waals surface area contributed by atoms with Crippen LogP contribution in [0.25, 0.3) is 0 Å². The molecule has 0 aliphatic rings. The van der Waals surface area contributed by atoms with Crippen LogP contribution in [0.15, 0.2) is 60.9 Å². The van der Waals surface area contributed by atoms with Crippen LogP contribution in [-0.4, -0.2) is 15.9 Å². The largest absolute Gasteiger partial charge is 0.323 e. The molecule has 1 amide bonds. The SMILES string of the molecule is N#Cc1ccccc1NC(=O)c1cnc(Nc2ccccc2C#N)nc1. The molecule has 0 radical (unpaired) electrons. The third-order valence-electron chi connectivity index (χ3n) is 3.50. The zero-order chi connectivity index (χ0) is 18.4. The number of nitrogens with one attached hydrogen (secondary N) is 2. The Balaban J connectivity index is 1.74. The van der Waals surface area contributed by atoms with Crippen molar-refractivity contribution in [1.29, 1.82) is 10.5 Å². The summed E-state index contributed by atoms with van der Waals surface area (Å²) in [5.41, 5.74) is 2.08. The van der Waals surface area contributed by atoms with Gasteiger partial charge in [0, 0.05) is 12.4 Å². The van der Waals surface area contributed by atoms with Gasteiger partial charge in [-0.2, -0.15) is 10.5 Å². The van der Waals surface area contributed by atoms with E-state index >= 15 is 0 Å². The predicted octanol–water partition coefficient (Wildman–Crippen LogP) is 3.22.